The zero-order valence-corrected chi connectivity index (χ0v) is 26.7. The molecule has 2 aromatic carbocycles. The number of nitrogens with one attached hydrogen (secondary N) is 3. The van der Waals surface area contributed by atoms with Crippen LogP contribution in [0.25, 0.3) is 0 Å². The van der Waals surface area contributed by atoms with Gasteiger partial charge in [0, 0.05) is 20.0 Å². The van der Waals surface area contributed by atoms with E-state index in [9.17, 15) is 37.1 Å². The molecule has 0 saturated carbocycles. The zero-order chi connectivity index (χ0) is 34.4. The van der Waals surface area contributed by atoms with Gasteiger partial charge in [0.05, 0.1) is 6.04 Å². The number of ketones is 1. The van der Waals surface area contributed by atoms with Crippen LogP contribution in [0.15, 0.2) is 60.7 Å². The van der Waals surface area contributed by atoms with Crippen LogP contribution < -0.4 is 16.0 Å². The Morgan fingerprint density at radius 3 is 1.85 bits per heavy atom. The SMILES string of the molecule is CC(C)C[C@H](NC(=O)[C@@H](NC(=O)OCc1ccccc1)C(C)C)C(=O)N[C@@H](CCC(=O)N(C)Cc1ccccc1)C(=O)C(F)(F)F. The standard InChI is InChI=1S/C33H43F3N4O6/c1-21(2)18-26(38-31(44)28(22(3)4)39-32(45)46-20-24-14-10-7-11-15-24)30(43)37-25(29(42)33(34,35)36)16-17-27(41)40(5)19-23-12-8-6-9-13-23/h6-15,21-22,25-26,28H,16-20H2,1-5H3,(H,37,43)(H,38,44)(H,39,45)/t25-,26-,28-/m0/s1. The molecule has 13 heteroatoms. The molecule has 0 unspecified atom stereocenters. The summed E-state index contributed by atoms with van der Waals surface area (Å²) in [6.45, 7) is 6.95. The fourth-order valence-electron chi connectivity index (χ4n) is 4.53. The van der Waals surface area contributed by atoms with Crippen molar-refractivity contribution in [2.24, 2.45) is 11.8 Å². The van der Waals surface area contributed by atoms with Gasteiger partial charge in [-0.3, -0.25) is 19.2 Å². The maximum atomic E-state index is 13.5. The minimum atomic E-state index is -5.28. The molecular formula is C33H43F3N4O6. The lowest BCUT2D eigenvalue weighted by Gasteiger charge is -2.27. The number of carbonyl (C=O) groups is 5. The van der Waals surface area contributed by atoms with Gasteiger partial charge in [-0.1, -0.05) is 88.4 Å². The van der Waals surface area contributed by atoms with Gasteiger partial charge >= 0.3 is 12.3 Å². The van der Waals surface area contributed by atoms with Gasteiger partial charge in [-0.05, 0) is 35.8 Å². The number of alkyl carbamates (subject to hydrolysis) is 1. The summed E-state index contributed by atoms with van der Waals surface area (Å²) < 4.78 is 45.7. The van der Waals surface area contributed by atoms with E-state index in [1.165, 1.54) is 11.9 Å². The average Bonchev–Trinajstić information content (AvgIpc) is 2.99. The quantitative estimate of drug-likeness (QED) is 0.245. The third-order valence-electron chi connectivity index (χ3n) is 7.02. The Morgan fingerprint density at radius 2 is 1.33 bits per heavy atom. The highest BCUT2D eigenvalue weighted by Crippen LogP contribution is 2.21. The number of benzene rings is 2. The van der Waals surface area contributed by atoms with Crippen molar-refractivity contribution in [1.29, 1.82) is 0 Å². The molecule has 46 heavy (non-hydrogen) atoms. The van der Waals surface area contributed by atoms with Gasteiger partial charge in [-0.15, -0.1) is 0 Å². The van der Waals surface area contributed by atoms with E-state index in [4.69, 9.17) is 4.74 Å². The van der Waals surface area contributed by atoms with Crippen LogP contribution in [0.3, 0.4) is 0 Å². The number of rotatable bonds is 16. The number of Topliss-reactive ketones (excluding diaryl/α,β-unsaturated/α-hetero) is 1. The number of alkyl halides is 3. The molecule has 4 amide bonds. The van der Waals surface area contributed by atoms with Gasteiger partial charge in [-0.2, -0.15) is 13.2 Å². The van der Waals surface area contributed by atoms with Gasteiger partial charge in [0.25, 0.3) is 5.78 Å². The Morgan fingerprint density at radius 1 is 0.783 bits per heavy atom. The highest BCUT2D eigenvalue weighted by Gasteiger charge is 2.44. The molecule has 2 rings (SSSR count). The highest BCUT2D eigenvalue weighted by molar-refractivity contribution is 5.96. The first-order valence-corrected chi connectivity index (χ1v) is 15.0. The number of halogens is 3. The topological polar surface area (TPSA) is 134 Å². The van der Waals surface area contributed by atoms with Crippen LogP contribution in [0.4, 0.5) is 18.0 Å². The second kappa shape index (κ2) is 17.9. The fraction of sp³-hybridized carbons (Fsp3) is 0.485. The summed E-state index contributed by atoms with van der Waals surface area (Å²) in [6.07, 6.45) is -7.18. The van der Waals surface area contributed by atoms with Crippen molar-refractivity contribution in [1.82, 2.24) is 20.9 Å². The lowest BCUT2D eigenvalue weighted by Crippen LogP contribution is -2.58. The van der Waals surface area contributed by atoms with E-state index in [0.29, 0.717) is 0 Å². The number of hydrogen-bond acceptors (Lipinski definition) is 6. The lowest BCUT2D eigenvalue weighted by atomic mass is 9.99. The van der Waals surface area contributed by atoms with E-state index in [1.807, 2.05) is 0 Å². The molecule has 0 aliphatic carbocycles. The van der Waals surface area contributed by atoms with Crippen LogP contribution in [0, 0.1) is 11.8 Å². The Hall–Kier alpha value is -4.42. The molecule has 0 aliphatic heterocycles. The molecular weight excluding hydrogens is 605 g/mol. The second-order valence-electron chi connectivity index (χ2n) is 11.8. The Bertz CT molecular complexity index is 1310. The highest BCUT2D eigenvalue weighted by atomic mass is 19.4. The van der Waals surface area contributed by atoms with E-state index in [1.54, 1.807) is 88.4 Å². The van der Waals surface area contributed by atoms with E-state index in [-0.39, 0.29) is 25.5 Å². The molecule has 0 aromatic heterocycles. The van der Waals surface area contributed by atoms with Crippen LogP contribution in [-0.4, -0.2) is 65.8 Å². The first-order valence-electron chi connectivity index (χ1n) is 15.0. The largest absolute Gasteiger partial charge is 0.452 e. The van der Waals surface area contributed by atoms with Crippen molar-refractivity contribution >= 4 is 29.6 Å². The third kappa shape index (κ3) is 12.9. The van der Waals surface area contributed by atoms with Crippen LogP contribution >= 0.6 is 0 Å². The molecule has 3 N–H and O–H groups in total. The van der Waals surface area contributed by atoms with Crippen molar-refractivity contribution in [2.75, 3.05) is 7.05 Å². The number of ether oxygens (including phenoxy) is 1. The molecule has 0 aliphatic rings. The van der Waals surface area contributed by atoms with Gasteiger partial charge in [0.15, 0.2) is 0 Å². The monoisotopic (exact) mass is 648 g/mol. The molecule has 0 fully saturated rings. The smallest absolute Gasteiger partial charge is 0.445 e. The summed E-state index contributed by atoms with van der Waals surface area (Å²) in [5, 5.41) is 7.11. The van der Waals surface area contributed by atoms with E-state index < -0.39 is 72.7 Å². The first kappa shape index (κ1) is 37.8. The Kier molecular flexibility index (Phi) is 14.7. The molecule has 0 spiro atoms. The predicted octanol–water partition coefficient (Wildman–Crippen LogP) is 4.52. The Labute approximate surface area is 267 Å². The van der Waals surface area contributed by atoms with Crippen molar-refractivity contribution in [2.45, 2.75) is 84.4 Å². The summed E-state index contributed by atoms with van der Waals surface area (Å²) in [7, 11) is 1.49. The third-order valence-corrected chi connectivity index (χ3v) is 7.02. The van der Waals surface area contributed by atoms with Crippen molar-refractivity contribution in [3.8, 4) is 0 Å². The summed E-state index contributed by atoms with van der Waals surface area (Å²) >= 11 is 0. The lowest BCUT2D eigenvalue weighted by molar-refractivity contribution is -0.174. The molecule has 10 nitrogen and oxygen atoms in total. The van der Waals surface area contributed by atoms with Crippen LogP contribution in [0.2, 0.25) is 0 Å². The average molecular weight is 649 g/mol. The van der Waals surface area contributed by atoms with Gasteiger partial charge < -0.3 is 25.6 Å². The molecule has 0 heterocycles. The second-order valence-corrected chi connectivity index (χ2v) is 11.8. The van der Waals surface area contributed by atoms with Gasteiger partial charge in [0.2, 0.25) is 17.7 Å². The van der Waals surface area contributed by atoms with Crippen LogP contribution in [-0.2, 0) is 37.1 Å². The van der Waals surface area contributed by atoms with Crippen LogP contribution in [0.1, 0.15) is 58.1 Å². The maximum Gasteiger partial charge on any atom is 0.452 e. The molecule has 0 bridgehead atoms. The van der Waals surface area contributed by atoms with Crippen molar-refractivity contribution in [3.63, 3.8) is 0 Å². The summed E-state index contributed by atoms with van der Waals surface area (Å²) in [6, 6.07) is 13.3. The van der Waals surface area contributed by atoms with E-state index in [2.05, 4.69) is 16.0 Å². The van der Waals surface area contributed by atoms with Crippen molar-refractivity contribution in [3.05, 3.63) is 71.8 Å². The Balaban J connectivity index is 2.12. The normalized spacial score (nSPS) is 13.3. The zero-order valence-electron chi connectivity index (χ0n) is 26.7. The minimum absolute atomic E-state index is 0.0204. The molecule has 0 radical (unpaired) electrons. The molecule has 2 aromatic rings. The number of amides is 4. The molecule has 0 saturated heterocycles. The van der Waals surface area contributed by atoms with Gasteiger partial charge in [0.1, 0.15) is 18.7 Å². The van der Waals surface area contributed by atoms with Crippen LogP contribution in [0.5, 0.6) is 0 Å². The number of carbonyl (C=O) groups excluding carboxylic acids is 5. The van der Waals surface area contributed by atoms with Gasteiger partial charge in [-0.25, -0.2) is 4.79 Å². The predicted molar refractivity (Wildman–Crippen MR) is 165 cm³/mol. The first-order chi connectivity index (χ1) is 21.6. The molecule has 252 valence electrons. The fourth-order valence-corrected chi connectivity index (χ4v) is 4.53. The minimum Gasteiger partial charge on any atom is -0.445 e. The summed E-state index contributed by atoms with van der Waals surface area (Å²) in [5.41, 5.74) is 1.53. The summed E-state index contributed by atoms with van der Waals surface area (Å²) in [4.78, 5) is 65.3. The van der Waals surface area contributed by atoms with E-state index >= 15 is 0 Å². The maximum absolute atomic E-state index is 13.5. The summed E-state index contributed by atoms with van der Waals surface area (Å²) in [5.74, 6) is -5.16. The number of nitrogens with zero attached hydrogens (tertiary/aromatic N) is 1. The van der Waals surface area contributed by atoms with E-state index in [0.717, 1.165) is 11.1 Å². The number of hydrogen-bond donors (Lipinski definition) is 3. The molecule has 3 atom stereocenters. The van der Waals surface area contributed by atoms with Crippen molar-refractivity contribution < 1.29 is 41.9 Å².